The van der Waals surface area contributed by atoms with Gasteiger partial charge in [0.1, 0.15) is 5.78 Å². The normalized spacial score (nSPS) is 52.2. The minimum Gasteiger partial charge on any atom is -0.393 e. The Kier molecular flexibility index (Phi) is 5.20. The first-order valence-corrected chi connectivity index (χ1v) is 10.8. The lowest BCUT2D eigenvalue weighted by Gasteiger charge is -2.62. The van der Waals surface area contributed by atoms with Gasteiger partial charge in [-0.05, 0) is 67.6 Å². The largest absolute Gasteiger partial charge is 0.393 e. The maximum atomic E-state index is 12.6. The fourth-order valence-electron chi connectivity index (χ4n) is 7.61. The quantitative estimate of drug-likeness (QED) is 0.733. The molecule has 0 aromatic rings. The first-order valence-electron chi connectivity index (χ1n) is 10.8. The van der Waals surface area contributed by atoms with Crippen LogP contribution < -0.4 is 0 Å². The van der Waals surface area contributed by atoms with Crippen LogP contribution >= 0.6 is 0 Å². The molecule has 2 N–H and O–H groups in total. The molecular formula is C22H36O5. The van der Waals surface area contributed by atoms with Crippen molar-refractivity contribution >= 4 is 5.78 Å². The molecule has 0 saturated heterocycles. The Labute approximate surface area is 162 Å². The number of fused-ring (bicyclic) bond motifs is 5. The lowest BCUT2D eigenvalue weighted by atomic mass is 9.44. The molecule has 9 atom stereocenters. The molecule has 4 aliphatic carbocycles. The zero-order valence-electron chi connectivity index (χ0n) is 17.0. The number of carbonyl (C=O) groups excluding carboxylic acids is 1. The molecule has 9 unspecified atom stereocenters. The third kappa shape index (κ3) is 3.00. The number of ketones is 1. The molecule has 0 aliphatic heterocycles. The van der Waals surface area contributed by atoms with Crippen molar-refractivity contribution in [1.29, 1.82) is 0 Å². The predicted molar refractivity (Wildman–Crippen MR) is 101 cm³/mol. The summed E-state index contributed by atoms with van der Waals surface area (Å²) in [4.78, 5) is 12.6. The Hall–Kier alpha value is -0.490. The van der Waals surface area contributed by atoms with Gasteiger partial charge in [-0.15, -0.1) is 0 Å². The van der Waals surface area contributed by atoms with Crippen LogP contribution in [0.4, 0.5) is 0 Å². The number of Topliss-reactive ketones (excluding diaryl/α,β-unsaturated/α-hetero) is 1. The smallest absolute Gasteiger partial charge is 0.139 e. The second-order valence-electron chi connectivity index (χ2n) is 10.1. The van der Waals surface area contributed by atoms with E-state index in [2.05, 4.69) is 13.8 Å². The first kappa shape index (κ1) is 19.8. The highest BCUT2D eigenvalue weighted by atomic mass is 16.5. The number of methoxy groups -OCH3 is 1. The summed E-state index contributed by atoms with van der Waals surface area (Å²) in [5, 5.41) is 21.9. The monoisotopic (exact) mass is 380 g/mol. The van der Waals surface area contributed by atoms with E-state index in [1.807, 2.05) is 0 Å². The molecule has 0 spiro atoms. The lowest BCUT2D eigenvalue weighted by Crippen LogP contribution is -2.61. The van der Waals surface area contributed by atoms with Gasteiger partial charge in [0, 0.05) is 18.9 Å². The van der Waals surface area contributed by atoms with Crippen LogP contribution in [-0.4, -0.2) is 54.6 Å². The summed E-state index contributed by atoms with van der Waals surface area (Å²) in [5.41, 5.74) is -0.363. The molecule has 0 amide bonds. The molecule has 4 saturated carbocycles. The van der Waals surface area contributed by atoms with Crippen LogP contribution in [0.5, 0.6) is 0 Å². The lowest BCUT2D eigenvalue weighted by molar-refractivity contribution is -0.201. The van der Waals surface area contributed by atoms with Crippen LogP contribution in [0.25, 0.3) is 0 Å². The number of aliphatic hydroxyl groups excluding tert-OH is 2. The van der Waals surface area contributed by atoms with Gasteiger partial charge in [-0.3, -0.25) is 4.79 Å². The van der Waals surface area contributed by atoms with E-state index in [0.29, 0.717) is 49.6 Å². The van der Waals surface area contributed by atoms with Gasteiger partial charge in [0.2, 0.25) is 0 Å². The van der Waals surface area contributed by atoms with Gasteiger partial charge in [0.15, 0.2) is 0 Å². The molecule has 0 aromatic heterocycles. The minimum atomic E-state index is -0.435. The first-order chi connectivity index (χ1) is 12.8. The van der Waals surface area contributed by atoms with E-state index in [-0.39, 0.29) is 22.9 Å². The van der Waals surface area contributed by atoms with Crippen LogP contribution in [0, 0.1) is 34.5 Å². The van der Waals surface area contributed by atoms with Gasteiger partial charge in [-0.25, -0.2) is 0 Å². The maximum absolute atomic E-state index is 12.6. The molecule has 0 heterocycles. The van der Waals surface area contributed by atoms with Crippen molar-refractivity contribution < 1.29 is 24.5 Å². The third-order valence-corrected chi connectivity index (χ3v) is 8.92. The minimum absolute atomic E-state index is 0.0354. The van der Waals surface area contributed by atoms with Crippen molar-refractivity contribution in [3.05, 3.63) is 0 Å². The van der Waals surface area contributed by atoms with Gasteiger partial charge in [-0.1, -0.05) is 13.8 Å². The molecule has 0 aromatic carbocycles. The fraction of sp³-hybridized carbons (Fsp3) is 0.955. The predicted octanol–water partition coefficient (Wildman–Crippen LogP) is 2.57. The summed E-state index contributed by atoms with van der Waals surface area (Å²) in [6, 6.07) is 0. The van der Waals surface area contributed by atoms with E-state index in [1.165, 1.54) is 0 Å². The van der Waals surface area contributed by atoms with Crippen LogP contribution in [0.15, 0.2) is 0 Å². The number of rotatable bonds is 4. The van der Waals surface area contributed by atoms with Crippen molar-refractivity contribution in [2.75, 3.05) is 20.3 Å². The Morgan fingerprint density at radius 1 is 1.07 bits per heavy atom. The fourth-order valence-corrected chi connectivity index (χ4v) is 7.61. The van der Waals surface area contributed by atoms with Crippen molar-refractivity contribution in [1.82, 2.24) is 0 Å². The molecule has 5 nitrogen and oxygen atoms in total. The van der Waals surface area contributed by atoms with E-state index < -0.39 is 12.2 Å². The van der Waals surface area contributed by atoms with Crippen LogP contribution in [0.2, 0.25) is 0 Å². The van der Waals surface area contributed by atoms with Crippen LogP contribution in [0.3, 0.4) is 0 Å². The van der Waals surface area contributed by atoms with Gasteiger partial charge in [0.25, 0.3) is 0 Å². The Bertz CT molecular complexity index is 579. The molecular weight excluding hydrogens is 344 g/mol. The summed E-state index contributed by atoms with van der Waals surface area (Å²) in [7, 11) is 1.65. The molecule has 27 heavy (non-hydrogen) atoms. The summed E-state index contributed by atoms with van der Waals surface area (Å²) in [6.07, 6.45) is 4.94. The van der Waals surface area contributed by atoms with Gasteiger partial charge < -0.3 is 19.7 Å². The van der Waals surface area contributed by atoms with Gasteiger partial charge in [-0.2, -0.15) is 0 Å². The number of hydrogen-bond donors (Lipinski definition) is 2. The molecule has 5 heteroatoms. The number of aliphatic hydroxyl groups is 2. The molecule has 0 bridgehead atoms. The molecule has 4 aliphatic rings. The average Bonchev–Trinajstić information content (AvgIpc) is 2.90. The molecule has 154 valence electrons. The number of ether oxygens (including phenoxy) is 2. The van der Waals surface area contributed by atoms with E-state index in [4.69, 9.17) is 9.47 Å². The average molecular weight is 381 g/mol. The highest BCUT2D eigenvalue weighted by Gasteiger charge is 2.64. The standard InChI is InChI=1S/C22H36O5/c1-21-12-18(27-9-8-26-3)16(23)10-13(21)4-5-14-15-6-7-19(25)22(15,2)11-17(24)20(14)21/h13-18,20,23-24H,4-12H2,1-3H3. The van der Waals surface area contributed by atoms with Crippen molar-refractivity contribution in [2.24, 2.45) is 34.5 Å². The van der Waals surface area contributed by atoms with Crippen molar-refractivity contribution in [3.63, 3.8) is 0 Å². The second-order valence-corrected chi connectivity index (χ2v) is 10.1. The Balaban J connectivity index is 1.59. The molecule has 0 radical (unpaired) electrons. The SMILES string of the molecule is COCCOC1CC2(C)C(CCC3C4CCC(=O)C4(C)CC(O)C32)CC1O. The second kappa shape index (κ2) is 7.08. The number of hydrogen-bond acceptors (Lipinski definition) is 5. The van der Waals surface area contributed by atoms with Gasteiger partial charge >= 0.3 is 0 Å². The van der Waals surface area contributed by atoms with Gasteiger partial charge in [0.05, 0.1) is 31.5 Å². The number of carbonyl (C=O) groups is 1. The maximum Gasteiger partial charge on any atom is 0.139 e. The highest BCUT2D eigenvalue weighted by molar-refractivity contribution is 5.87. The Morgan fingerprint density at radius 3 is 2.59 bits per heavy atom. The molecule has 4 rings (SSSR count). The van der Waals surface area contributed by atoms with Crippen LogP contribution in [0.1, 0.15) is 58.8 Å². The zero-order valence-corrected chi connectivity index (χ0v) is 17.0. The van der Waals surface area contributed by atoms with E-state index in [9.17, 15) is 15.0 Å². The highest BCUT2D eigenvalue weighted by Crippen LogP contribution is 2.65. The topological polar surface area (TPSA) is 76.0 Å². The van der Waals surface area contributed by atoms with Crippen molar-refractivity contribution in [3.8, 4) is 0 Å². The van der Waals surface area contributed by atoms with E-state index >= 15 is 0 Å². The van der Waals surface area contributed by atoms with Crippen molar-refractivity contribution in [2.45, 2.75) is 77.1 Å². The summed E-state index contributed by atoms with van der Waals surface area (Å²) < 4.78 is 11.1. The molecule has 4 fully saturated rings. The summed E-state index contributed by atoms with van der Waals surface area (Å²) >= 11 is 0. The summed E-state index contributed by atoms with van der Waals surface area (Å²) in [6.45, 7) is 5.43. The Morgan fingerprint density at radius 2 is 1.85 bits per heavy atom. The van der Waals surface area contributed by atoms with Crippen LogP contribution in [-0.2, 0) is 14.3 Å². The third-order valence-electron chi connectivity index (χ3n) is 8.92. The summed E-state index contributed by atoms with van der Waals surface area (Å²) in [5.74, 6) is 1.82. The zero-order chi connectivity index (χ0) is 19.4. The van der Waals surface area contributed by atoms with E-state index in [0.717, 1.165) is 32.1 Å². The van der Waals surface area contributed by atoms with E-state index in [1.54, 1.807) is 7.11 Å².